The molecule has 0 fully saturated rings. The number of methoxy groups -OCH3 is 1. The molecular formula is C16H25N3O. The smallest absolute Gasteiger partial charge is 0.126 e. The van der Waals surface area contributed by atoms with Crippen LogP contribution in [0, 0.1) is 0 Å². The van der Waals surface area contributed by atoms with E-state index >= 15 is 0 Å². The highest BCUT2D eigenvalue weighted by atomic mass is 16.5. The maximum absolute atomic E-state index is 5.26. The van der Waals surface area contributed by atoms with Gasteiger partial charge >= 0.3 is 0 Å². The third-order valence-electron chi connectivity index (χ3n) is 3.73. The second-order valence-electron chi connectivity index (χ2n) is 5.15. The summed E-state index contributed by atoms with van der Waals surface area (Å²) in [6.07, 6.45) is 1.05. The van der Waals surface area contributed by atoms with Gasteiger partial charge in [0.2, 0.25) is 0 Å². The largest absolute Gasteiger partial charge is 0.383 e. The number of nitrogens with zero attached hydrogens (tertiary/aromatic N) is 2. The lowest BCUT2D eigenvalue weighted by Gasteiger charge is -2.22. The van der Waals surface area contributed by atoms with E-state index in [9.17, 15) is 0 Å². The first kappa shape index (κ1) is 15.0. The lowest BCUT2D eigenvalue weighted by molar-refractivity contribution is 0.158. The van der Waals surface area contributed by atoms with E-state index < -0.39 is 0 Å². The van der Waals surface area contributed by atoms with Gasteiger partial charge in [0.15, 0.2) is 0 Å². The molecule has 0 saturated heterocycles. The average Bonchev–Trinajstić information content (AvgIpc) is 2.85. The molecule has 20 heavy (non-hydrogen) atoms. The zero-order chi connectivity index (χ0) is 14.5. The van der Waals surface area contributed by atoms with Crippen molar-refractivity contribution in [1.29, 1.82) is 0 Å². The minimum atomic E-state index is 0.211. The summed E-state index contributed by atoms with van der Waals surface area (Å²) in [6, 6.07) is 8.88. The Hall–Kier alpha value is -1.39. The number of imidazole rings is 1. The molecule has 0 saturated carbocycles. The van der Waals surface area contributed by atoms with Crippen molar-refractivity contribution in [2.75, 3.05) is 13.7 Å². The van der Waals surface area contributed by atoms with Gasteiger partial charge in [0, 0.05) is 19.7 Å². The van der Waals surface area contributed by atoms with Gasteiger partial charge in [0.1, 0.15) is 5.82 Å². The molecule has 1 aromatic heterocycles. The molecule has 0 aliphatic carbocycles. The van der Waals surface area contributed by atoms with Crippen LogP contribution in [0.3, 0.4) is 0 Å². The summed E-state index contributed by atoms with van der Waals surface area (Å²) in [7, 11) is 1.75. The zero-order valence-electron chi connectivity index (χ0n) is 12.9. The number of ether oxygens (including phenoxy) is 1. The molecule has 0 aliphatic rings. The Balaban J connectivity index is 2.27. The Labute approximate surface area is 121 Å². The number of nitrogens with one attached hydrogen (secondary N) is 1. The number of benzene rings is 1. The van der Waals surface area contributed by atoms with Crippen LogP contribution in [-0.2, 0) is 11.3 Å². The van der Waals surface area contributed by atoms with Crippen LogP contribution >= 0.6 is 0 Å². The maximum atomic E-state index is 5.26. The van der Waals surface area contributed by atoms with Gasteiger partial charge < -0.3 is 14.6 Å². The number of aryl methyl sites for hydroxylation is 1. The fourth-order valence-electron chi connectivity index (χ4n) is 2.67. The monoisotopic (exact) mass is 275 g/mol. The molecule has 0 spiro atoms. The molecule has 110 valence electrons. The lowest BCUT2D eigenvalue weighted by Crippen LogP contribution is -2.35. The first-order valence-electron chi connectivity index (χ1n) is 7.41. The fourth-order valence-corrected chi connectivity index (χ4v) is 2.67. The second-order valence-corrected chi connectivity index (χ2v) is 5.15. The van der Waals surface area contributed by atoms with E-state index in [4.69, 9.17) is 9.72 Å². The number of para-hydroxylation sites is 2. The molecule has 0 bridgehead atoms. The summed E-state index contributed by atoms with van der Waals surface area (Å²) in [4.78, 5) is 4.79. The van der Waals surface area contributed by atoms with Gasteiger partial charge in [-0.2, -0.15) is 0 Å². The topological polar surface area (TPSA) is 39.1 Å². The van der Waals surface area contributed by atoms with Gasteiger partial charge in [-0.15, -0.1) is 0 Å². The van der Waals surface area contributed by atoms with E-state index in [1.54, 1.807) is 7.11 Å². The number of hydrogen-bond donors (Lipinski definition) is 1. The van der Waals surface area contributed by atoms with Crippen LogP contribution in [0.1, 0.15) is 39.1 Å². The van der Waals surface area contributed by atoms with Crippen LogP contribution < -0.4 is 5.32 Å². The van der Waals surface area contributed by atoms with Crippen LogP contribution in [0.15, 0.2) is 24.3 Å². The van der Waals surface area contributed by atoms with Gasteiger partial charge in [-0.1, -0.05) is 19.1 Å². The summed E-state index contributed by atoms with van der Waals surface area (Å²) >= 11 is 0. The van der Waals surface area contributed by atoms with Gasteiger partial charge in [-0.05, 0) is 32.4 Å². The molecule has 0 aliphatic heterocycles. The third kappa shape index (κ3) is 3.02. The van der Waals surface area contributed by atoms with E-state index in [0.29, 0.717) is 6.04 Å². The number of hydrogen-bond acceptors (Lipinski definition) is 3. The van der Waals surface area contributed by atoms with Gasteiger partial charge in [-0.3, -0.25) is 0 Å². The molecule has 4 nitrogen and oxygen atoms in total. The Kier molecular flexibility index (Phi) is 5.15. The van der Waals surface area contributed by atoms with Crippen molar-refractivity contribution in [2.24, 2.45) is 0 Å². The van der Waals surface area contributed by atoms with Gasteiger partial charge in [-0.25, -0.2) is 4.98 Å². The van der Waals surface area contributed by atoms with E-state index in [1.807, 2.05) is 6.07 Å². The molecule has 0 amide bonds. The normalized spacial score (nSPS) is 14.6. The first-order chi connectivity index (χ1) is 9.71. The van der Waals surface area contributed by atoms with Crippen molar-refractivity contribution in [3.05, 3.63) is 30.1 Å². The maximum Gasteiger partial charge on any atom is 0.126 e. The Morgan fingerprint density at radius 3 is 2.70 bits per heavy atom. The number of fused-ring (bicyclic) bond motifs is 1. The minimum Gasteiger partial charge on any atom is -0.383 e. The zero-order valence-corrected chi connectivity index (χ0v) is 12.9. The highest BCUT2D eigenvalue weighted by Gasteiger charge is 2.18. The molecule has 4 heteroatoms. The molecule has 1 heterocycles. The van der Waals surface area contributed by atoms with Crippen molar-refractivity contribution in [3.8, 4) is 0 Å². The summed E-state index contributed by atoms with van der Waals surface area (Å²) in [5, 5.41) is 3.61. The van der Waals surface area contributed by atoms with Crippen molar-refractivity contribution in [1.82, 2.24) is 14.9 Å². The Morgan fingerprint density at radius 1 is 1.30 bits per heavy atom. The predicted molar refractivity (Wildman–Crippen MR) is 82.9 cm³/mol. The molecule has 1 aromatic carbocycles. The first-order valence-corrected chi connectivity index (χ1v) is 7.41. The highest BCUT2D eigenvalue weighted by Crippen LogP contribution is 2.21. The summed E-state index contributed by atoms with van der Waals surface area (Å²) < 4.78 is 7.54. The van der Waals surface area contributed by atoms with E-state index in [2.05, 4.69) is 48.9 Å². The highest BCUT2D eigenvalue weighted by molar-refractivity contribution is 5.76. The van der Waals surface area contributed by atoms with Gasteiger partial charge in [0.05, 0.1) is 23.7 Å². The van der Waals surface area contributed by atoms with E-state index in [0.717, 1.165) is 30.9 Å². The van der Waals surface area contributed by atoms with Crippen molar-refractivity contribution < 1.29 is 4.74 Å². The molecule has 2 atom stereocenters. The Morgan fingerprint density at radius 2 is 2.05 bits per heavy atom. The summed E-state index contributed by atoms with van der Waals surface area (Å²) in [5.74, 6) is 1.10. The number of aromatic nitrogens is 2. The van der Waals surface area contributed by atoms with Crippen LogP contribution in [0.25, 0.3) is 11.0 Å². The van der Waals surface area contributed by atoms with Crippen molar-refractivity contribution >= 4 is 11.0 Å². The van der Waals surface area contributed by atoms with Crippen molar-refractivity contribution in [3.63, 3.8) is 0 Å². The quantitative estimate of drug-likeness (QED) is 0.844. The molecule has 0 unspecified atom stereocenters. The molecule has 2 rings (SSSR count). The van der Waals surface area contributed by atoms with Crippen molar-refractivity contribution in [2.45, 2.75) is 45.8 Å². The van der Waals surface area contributed by atoms with Crippen LogP contribution in [0.5, 0.6) is 0 Å². The van der Waals surface area contributed by atoms with E-state index in [-0.39, 0.29) is 6.04 Å². The van der Waals surface area contributed by atoms with Gasteiger partial charge in [0.25, 0.3) is 0 Å². The number of rotatable bonds is 7. The van der Waals surface area contributed by atoms with Crippen LogP contribution in [0.2, 0.25) is 0 Å². The van der Waals surface area contributed by atoms with Crippen LogP contribution in [-0.4, -0.2) is 29.3 Å². The fraction of sp³-hybridized carbons (Fsp3) is 0.562. The third-order valence-corrected chi connectivity index (χ3v) is 3.73. The summed E-state index contributed by atoms with van der Waals surface area (Å²) in [6.45, 7) is 8.17. The minimum absolute atomic E-state index is 0.211. The standard InChI is InChI=1S/C16H25N3O/c1-5-13(11-20-4)17-12(3)16-18-14-9-7-8-10-15(14)19(16)6-2/h7-10,12-13,17H,5-6,11H2,1-4H3/t12-,13-/m0/s1. The molecule has 1 N–H and O–H groups in total. The van der Waals surface area contributed by atoms with Crippen LogP contribution in [0.4, 0.5) is 0 Å². The molecule has 0 radical (unpaired) electrons. The SMILES string of the molecule is CC[C@@H](COC)N[C@@H](C)c1nc2ccccc2n1CC. The predicted octanol–water partition coefficient (Wildman–Crippen LogP) is 3.13. The van der Waals surface area contributed by atoms with E-state index in [1.165, 1.54) is 5.52 Å². The second kappa shape index (κ2) is 6.86. The summed E-state index contributed by atoms with van der Waals surface area (Å²) in [5.41, 5.74) is 2.27. The average molecular weight is 275 g/mol. The lowest BCUT2D eigenvalue weighted by atomic mass is 10.2. The molecule has 2 aromatic rings. The molecular weight excluding hydrogens is 250 g/mol. The Bertz CT molecular complexity index is 550.